The zero-order valence-electron chi connectivity index (χ0n) is 12.9. The number of pyridine rings is 1. The molecule has 0 radical (unpaired) electrons. The summed E-state index contributed by atoms with van der Waals surface area (Å²) in [6.45, 7) is 2.16. The van der Waals surface area contributed by atoms with Crippen LogP contribution < -0.4 is 10.9 Å². The van der Waals surface area contributed by atoms with E-state index in [0.29, 0.717) is 13.0 Å². The van der Waals surface area contributed by atoms with Crippen LogP contribution in [0, 0.1) is 0 Å². The molecule has 2 N–H and O–H groups in total. The largest absolute Gasteiger partial charge is 0.336 e. The van der Waals surface area contributed by atoms with Gasteiger partial charge >= 0.3 is 0 Å². The molecule has 0 aliphatic carbocycles. The van der Waals surface area contributed by atoms with Gasteiger partial charge in [-0.3, -0.25) is 20.0 Å². The number of hydrazine groups is 1. The number of nitrogens with zero attached hydrogens (tertiary/aromatic N) is 3. The molecule has 1 aromatic heterocycles. The normalized spacial score (nSPS) is 30.1. The molecule has 3 unspecified atom stereocenters. The van der Waals surface area contributed by atoms with Crippen molar-refractivity contribution in [2.24, 2.45) is 0 Å². The van der Waals surface area contributed by atoms with Gasteiger partial charge in [-0.2, -0.15) is 0 Å². The molecule has 1 aromatic rings. The molecule has 7 nitrogen and oxygen atoms in total. The maximum absolute atomic E-state index is 12.6. The third kappa shape index (κ3) is 2.60. The molecular weight excluding hydrogens is 294 g/mol. The summed E-state index contributed by atoms with van der Waals surface area (Å²) in [5.41, 5.74) is 7.12. The summed E-state index contributed by atoms with van der Waals surface area (Å²) in [6.07, 6.45) is 5.61. The molecule has 122 valence electrons. The monoisotopic (exact) mass is 315 g/mol. The van der Waals surface area contributed by atoms with Gasteiger partial charge in [-0.15, -0.1) is 0 Å². The van der Waals surface area contributed by atoms with Gasteiger partial charge in [0.25, 0.3) is 0 Å². The summed E-state index contributed by atoms with van der Waals surface area (Å²) >= 11 is 0. The zero-order valence-corrected chi connectivity index (χ0v) is 12.9. The second kappa shape index (κ2) is 5.90. The molecule has 3 aliphatic rings. The molecule has 0 spiro atoms. The third-order valence-electron chi connectivity index (χ3n) is 5.13. The highest BCUT2D eigenvalue weighted by molar-refractivity contribution is 5.86. The highest BCUT2D eigenvalue weighted by atomic mass is 16.2. The molecule has 0 aromatic carbocycles. The van der Waals surface area contributed by atoms with E-state index in [4.69, 9.17) is 0 Å². The van der Waals surface area contributed by atoms with Gasteiger partial charge in [0.15, 0.2) is 0 Å². The second-order valence-electron chi connectivity index (χ2n) is 6.45. The Labute approximate surface area is 135 Å². The minimum Gasteiger partial charge on any atom is -0.336 e. The van der Waals surface area contributed by atoms with Crippen molar-refractivity contribution in [1.82, 2.24) is 25.6 Å². The molecule has 3 saturated heterocycles. The molecule has 4 rings (SSSR count). The van der Waals surface area contributed by atoms with Crippen LogP contribution in [-0.4, -0.2) is 57.8 Å². The summed E-state index contributed by atoms with van der Waals surface area (Å²) < 4.78 is 0. The number of carbonyl (C=O) groups excluding carboxylic acids is 2. The summed E-state index contributed by atoms with van der Waals surface area (Å²) in [6, 6.07) is 3.89. The molecule has 2 amide bonds. The number of hydrogen-bond acceptors (Lipinski definition) is 5. The Morgan fingerprint density at radius 2 is 2.09 bits per heavy atom. The summed E-state index contributed by atoms with van der Waals surface area (Å²) in [4.78, 5) is 32.9. The van der Waals surface area contributed by atoms with E-state index < -0.39 is 0 Å². The molecule has 0 bridgehead atoms. The van der Waals surface area contributed by atoms with E-state index >= 15 is 0 Å². The average Bonchev–Trinajstić information content (AvgIpc) is 3.27. The van der Waals surface area contributed by atoms with Crippen molar-refractivity contribution in [2.75, 3.05) is 13.1 Å². The van der Waals surface area contributed by atoms with Gasteiger partial charge < -0.3 is 9.80 Å². The van der Waals surface area contributed by atoms with E-state index in [-0.39, 0.29) is 29.9 Å². The first kappa shape index (κ1) is 14.6. The SMILES string of the molecule is O=C1CC2C(CCN2C(=O)C2CCNN2)N1Cc1ccncc1. The smallest absolute Gasteiger partial charge is 0.241 e. The van der Waals surface area contributed by atoms with Crippen LogP contribution in [0.3, 0.4) is 0 Å². The number of amides is 2. The van der Waals surface area contributed by atoms with Crippen LogP contribution >= 0.6 is 0 Å². The Kier molecular flexibility index (Phi) is 3.74. The van der Waals surface area contributed by atoms with E-state index in [1.165, 1.54) is 0 Å². The lowest BCUT2D eigenvalue weighted by Crippen LogP contribution is -2.48. The van der Waals surface area contributed by atoms with Gasteiger partial charge in [0, 0.05) is 38.4 Å². The van der Waals surface area contributed by atoms with Gasteiger partial charge in [0.05, 0.1) is 12.1 Å². The Bertz CT molecular complexity index is 602. The lowest BCUT2D eigenvalue weighted by atomic mass is 10.1. The van der Waals surface area contributed by atoms with Crippen LogP contribution in [0.15, 0.2) is 24.5 Å². The first-order valence-electron chi connectivity index (χ1n) is 8.21. The van der Waals surface area contributed by atoms with Crippen molar-refractivity contribution in [1.29, 1.82) is 0 Å². The zero-order chi connectivity index (χ0) is 15.8. The van der Waals surface area contributed by atoms with Crippen LogP contribution in [0.1, 0.15) is 24.8 Å². The predicted molar refractivity (Wildman–Crippen MR) is 82.9 cm³/mol. The fourth-order valence-corrected chi connectivity index (χ4v) is 3.96. The average molecular weight is 315 g/mol. The van der Waals surface area contributed by atoms with Gasteiger partial charge in [0.1, 0.15) is 6.04 Å². The maximum Gasteiger partial charge on any atom is 0.241 e. The van der Waals surface area contributed by atoms with E-state index in [2.05, 4.69) is 15.8 Å². The van der Waals surface area contributed by atoms with Gasteiger partial charge in [-0.05, 0) is 30.5 Å². The molecule has 3 aliphatic heterocycles. The van der Waals surface area contributed by atoms with Crippen molar-refractivity contribution in [3.05, 3.63) is 30.1 Å². The quantitative estimate of drug-likeness (QED) is 0.797. The van der Waals surface area contributed by atoms with Gasteiger partial charge in [-0.25, -0.2) is 5.43 Å². The fourth-order valence-electron chi connectivity index (χ4n) is 3.96. The molecule has 23 heavy (non-hydrogen) atoms. The van der Waals surface area contributed by atoms with E-state index in [0.717, 1.165) is 31.5 Å². The van der Waals surface area contributed by atoms with Crippen LogP contribution in [-0.2, 0) is 16.1 Å². The Morgan fingerprint density at radius 3 is 2.83 bits per heavy atom. The minimum absolute atomic E-state index is 0.0271. The summed E-state index contributed by atoms with van der Waals surface area (Å²) in [5, 5.41) is 0. The third-order valence-corrected chi connectivity index (χ3v) is 5.13. The first-order valence-corrected chi connectivity index (χ1v) is 8.21. The highest BCUT2D eigenvalue weighted by Gasteiger charge is 2.49. The number of rotatable bonds is 3. The fraction of sp³-hybridized carbons (Fsp3) is 0.562. The van der Waals surface area contributed by atoms with Gasteiger partial charge in [-0.1, -0.05) is 0 Å². The topological polar surface area (TPSA) is 77.6 Å². The number of likely N-dealkylation sites (tertiary alicyclic amines) is 2. The Balaban J connectivity index is 1.47. The van der Waals surface area contributed by atoms with Gasteiger partial charge in [0.2, 0.25) is 11.8 Å². The number of fused-ring (bicyclic) bond motifs is 1. The Morgan fingerprint density at radius 1 is 1.26 bits per heavy atom. The molecule has 3 atom stereocenters. The summed E-state index contributed by atoms with van der Waals surface area (Å²) in [5.74, 6) is 0.271. The van der Waals surface area contributed by atoms with Crippen LogP contribution in [0.5, 0.6) is 0 Å². The van der Waals surface area contributed by atoms with Crippen molar-refractivity contribution < 1.29 is 9.59 Å². The van der Waals surface area contributed by atoms with Crippen LogP contribution in [0.4, 0.5) is 0 Å². The van der Waals surface area contributed by atoms with Crippen molar-refractivity contribution >= 4 is 11.8 Å². The van der Waals surface area contributed by atoms with E-state index in [9.17, 15) is 9.59 Å². The number of carbonyl (C=O) groups is 2. The predicted octanol–water partition coefficient (Wildman–Crippen LogP) is -0.350. The first-order chi connectivity index (χ1) is 11.2. The van der Waals surface area contributed by atoms with E-state index in [1.807, 2.05) is 21.9 Å². The number of hydrogen-bond donors (Lipinski definition) is 2. The maximum atomic E-state index is 12.6. The number of nitrogens with one attached hydrogen (secondary N) is 2. The molecule has 3 fully saturated rings. The van der Waals surface area contributed by atoms with Crippen molar-refractivity contribution in [3.63, 3.8) is 0 Å². The van der Waals surface area contributed by atoms with E-state index in [1.54, 1.807) is 12.4 Å². The van der Waals surface area contributed by atoms with Crippen LogP contribution in [0.25, 0.3) is 0 Å². The molecular formula is C16H21N5O2. The molecule has 7 heteroatoms. The minimum atomic E-state index is -0.155. The number of aromatic nitrogens is 1. The summed E-state index contributed by atoms with van der Waals surface area (Å²) in [7, 11) is 0. The van der Waals surface area contributed by atoms with Crippen molar-refractivity contribution in [2.45, 2.75) is 43.9 Å². The molecule has 0 saturated carbocycles. The van der Waals surface area contributed by atoms with Crippen molar-refractivity contribution in [3.8, 4) is 0 Å². The lowest BCUT2D eigenvalue weighted by Gasteiger charge is -2.27. The Hall–Kier alpha value is -1.99. The molecule has 4 heterocycles. The standard InChI is InChI=1S/C16H21N5O2/c22-15-9-14-13(21(15)10-11-1-5-17-6-2-11)4-8-20(14)16(23)12-3-7-18-19-12/h1-2,5-6,12-14,18-19H,3-4,7-10H2. The second-order valence-corrected chi connectivity index (χ2v) is 6.45. The van der Waals surface area contributed by atoms with Crippen LogP contribution in [0.2, 0.25) is 0 Å². The highest BCUT2D eigenvalue weighted by Crippen LogP contribution is 2.34. The lowest BCUT2D eigenvalue weighted by molar-refractivity contribution is -0.134.